The lowest BCUT2D eigenvalue weighted by Crippen LogP contribution is -2.37. The fraction of sp³-hybridized carbons (Fsp3) is 0.500. The minimum absolute atomic E-state index is 0.0393. The highest BCUT2D eigenvalue weighted by molar-refractivity contribution is 6.35. The molecule has 3 aliphatic rings. The predicted octanol–water partition coefficient (Wildman–Crippen LogP) is 6.88. The molecule has 1 saturated heterocycles. The number of hydrogen-bond donors (Lipinski definition) is 1. The standard InChI is InChI=1S/C28H35Cl3N2O2/c1-34-27-9-2-21(16-28(27)35-15-12-22-3-4-24(30)17-26(22)31)19-32-18-20-10-13-33(14-11-20)25-7-5-23(29)6-8-25/h2-5,7,16-17,20,27,32H,6,8-15,18-19H2,1H3. The molecule has 1 aliphatic heterocycles. The van der Waals surface area contributed by atoms with Crippen LogP contribution >= 0.6 is 34.8 Å². The van der Waals surface area contributed by atoms with Crippen LogP contribution in [-0.4, -0.2) is 50.9 Å². The van der Waals surface area contributed by atoms with E-state index in [1.54, 1.807) is 13.2 Å². The third-order valence-electron chi connectivity index (χ3n) is 7.04. The lowest BCUT2D eigenvalue weighted by molar-refractivity contribution is 0.0636. The molecule has 2 aliphatic carbocycles. The SMILES string of the molecule is COC1CC=C(CNCC2CCN(C3=CC=C(Cl)CC3)CC2)C=C1OCCc1ccc(Cl)cc1Cl. The molecule has 4 nitrogen and oxygen atoms in total. The maximum atomic E-state index is 6.29. The molecule has 0 aromatic heterocycles. The topological polar surface area (TPSA) is 33.7 Å². The van der Waals surface area contributed by atoms with Gasteiger partial charge >= 0.3 is 0 Å². The van der Waals surface area contributed by atoms with Crippen molar-refractivity contribution < 1.29 is 9.47 Å². The highest BCUT2D eigenvalue weighted by Crippen LogP contribution is 2.28. The first-order valence-electron chi connectivity index (χ1n) is 12.5. The van der Waals surface area contributed by atoms with Crippen molar-refractivity contribution in [2.24, 2.45) is 5.92 Å². The molecule has 1 heterocycles. The van der Waals surface area contributed by atoms with Crippen molar-refractivity contribution in [1.82, 2.24) is 10.2 Å². The Morgan fingerprint density at radius 1 is 1.09 bits per heavy atom. The van der Waals surface area contributed by atoms with Crippen LogP contribution in [-0.2, 0) is 15.9 Å². The Balaban J connectivity index is 1.20. The van der Waals surface area contributed by atoms with Crippen LogP contribution in [0.1, 0.15) is 37.7 Å². The summed E-state index contributed by atoms with van der Waals surface area (Å²) in [5.41, 5.74) is 3.73. The van der Waals surface area contributed by atoms with Gasteiger partial charge in [-0.25, -0.2) is 0 Å². The molecule has 1 fully saturated rings. The van der Waals surface area contributed by atoms with E-state index in [-0.39, 0.29) is 6.10 Å². The van der Waals surface area contributed by atoms with E-state index in [9.17, 15) is 0 Å². The van der Waals surface area contributed by atoms with Crippen molar-refractivity contribution in [3.8, 4) is 0 Å². The monoisotopic (exact) mass is 536 g/mol. The van der Waals surface area contributed by atoms with E-state index < -0.39 is 0 Å². The Morgan fingerprint density at radius 2 is 1.91 bits per heavy atom. The summed E-state index contributed by atoms with van der Waals surface area (Å²) < 4.78 is 11.8. The number of rotatable bonds is 10. The third-order valence-corrected chi connectivity index (χ3v) is 7.94. The molecule has 190 valence electrons. The number of nitrogens with one attached hydrogen (secondary N) is 1. The molecule has 0 radical (unpaired) electrons. The number of methoxy groups -OCH3 is 1. The molecule has 1 aromatic carbocycles. The van der Waals surface area contributed by atoms with Gasteiger partial charge in [-0.3, -0.25) is 0 Å². The Morgan fingerprint density at radius 3 is 2.63 bits per heavy atom. The van der Waals surface area contributed by atoms with E-state index in [0.29, 0.717) is 22.6 Å². The average Bonchev–Trinajstić information content (AvgIpc) is 2.86. The normalized spacial score (nSPS) is 21.3. The van der Waals surface area contributed by atoms with Crippen LogP contribution in [0.25, 0.3) is 0 Å². The molecule has 1 unspecified atom stereocenters. The Kier molecular flexibility index (Phi) is 10.1. The first kappa shape index (κ1) is 26.6. The summed E-state index contributed by atoms with van der Waals surface area (Å²) in [6.07, 6.45) is 14.6. The van der Waals surface area contributed by atoms with Crippen molar-refractivity contribution in [1.29, 1.82) is 0 Å². The molecule has 1 atom stereocenters. The summed E-state index contributed by atoms with van der Waals surface area (Å²) in [5, 5.41) is 5.96. The zero-order valence-corrected chi connectivity index (χ0v) is 22.6. The van der Waals surface area contributed by atoms with Gasteiger partial charge in [0.25, 0.3) is 0 Å². The van der Waals surface area contributed by atoms with Crippen molar-refractivity contribution in [2.45, 2.75) is 44.6 Å². The second-order valence-corrected chi connectivity index (χ2v) is 10.8. The van der Waals surface area contributed by atoms with E-state index >= 15 is 0 Å². The predicted molar refractivity (Wildman–Crippen MR) is 146 cm³/mol. The quantitative estimate of drug-likeness (QED) is 0.353. The fourth-order valence-corrected chi connectivity index (χ4v) is 5.55. The maximum absolute atomic E-state index is 6.29. The lowest BCUT2D eigenvalue weighted by Gasteiger charge is -2.36. The zero-order chi connectivity index (χ0) is 24.6. The summed E-state index contributed by atoms with van der Waals surface area (Å²) >= 11 is 18.4. The Labute approximate surface area is 224 Å². The van der Waals surface area contributed by atoms with Gasteiger partial charge < -0.3 is 19.7 Å². The van der Waals surface area contributed by atoms with Crippen LogP contribution < -0.4 is 5.32 Å². The van der Waals surface area contributed by atoms with Gasteiger partial charge in [0.2, 0.25) is 0 Å². The van der Waals surface area contributed by atoms with Crippen LogP contribution in [0.2, 0.25) is 10.0 Å². The molecule has 7 heteroatoms. The van der Waals surface area contributed by atoms with Crippen LogP contribution in [0.4, 0.5) is 0 Å². The number of piperidine rings is 1. The summed E-state index contributed by atoms with van der Waals surface area (Å²) in [4.78, 5) is 2.54. The molecule has 35 heavy (non-hydrogen) atoms. The van der Waals surface area contributed by atoms with Crippen molar-refractivity contribution in [2.75, 3.05) is 39.9 Å². The average molecular weight is 538 g/mol. The van der Waals surface area contributed by atoms with Crippen LogP contribution in [0.15, 0.2) is 64.6 Å². The molecule has 0 spiro atoms. The number of allylic oxidation sites excluding steroid dienone is 4. The summed E-state index contributed by atoms with van der Waals surface area (Å²) in [5.74, 6) is 1.61. The van der Waals surface area contributed by atoms with Crippen molar-refractivity contribution >= 4 is 34.8 Å². The van der Waals surface area contributed by atoms with Gasteiger partial charge in [0.1, 0.15) is 11.9 Å². The smallest absolute Gasteiger partial charge is 0.125 e. The lowest BCUT2D eigenvalue weighted by atomic mass is 9.95. The fourth-order valence-electron chi connectivity index (χ4n) is 4.89. The summed E-state index contributed by atoms with van der Waals surface area (Å²) in [6.45, 7) is 4.71. The number of hydrogen-bond acceptors (Lipinski definition) is 4. The number of likely N-dealkylation sites (tertiary alicyclic amines) is 1. The second kappa shape index (κ2) is 13.2. The van der Waals surface area contributed by atoms with E-state index in [2.05, 4.69) is 34.5 Å². The van der Waals surface area contributed by atoms with Crippen LogP contribution in [0.5, 0.6) is 0 Å². The molecule has 1 N–H and O–H groups in total. The maximum Gasteiger partial charge on any atom is 0.125 e. The van der Waals surface area contributed by atoms with Gasteiger partial charge in [0.15, 0.2) is 0 Å². The molecular formula is C28H35Cl3N2O2. The van der Waals surface area contributed by atoms with Gasteiger partial charge in [0, 0.05) is 53.9 Å². The molecule has 1 aromatic rings. The van der Waals surface area contributed by atoms with E-state index in [0.717, 1.165) is 68.2 Å². The van der Waals surface area contributed by atoms with Crippen LogP contribution in [0.3, 0.4) is 0 Å². The second-order valence-electron chi connectivity index (χ2n) is 9.45. The first-order chi connectivity index (χ1) is 17.0. The van der Waals surface area contributed by atoms with Gasteiger partial charge in [-0.2, -0.15) is 0 Å². The van der Waals surface area contributed by atoms with Crippen molar-refractivity contribution in [3.05, 3.63) is 80.2 Å². The van der Waals surface area contributed by atoms with E-state index in [4.69, 9.17) is 44.3 Å². The van der Waals surface area contributed by atoms with Gasteiger partial charge in [-0.1, -0.05) is 46.9 Å². The number of halogens is 3. The Bertz CT molecular complexity index is 994. The third kappa shape index (κ3) is 7.77. The van der Waals surface area contributed by atoms with E-state index in [1.807, 2.05) is 12.1 Å². The van der Waals surface area contributed by atoms with E-state index in [1.165, 1.54) is 24.1 Å². The number of nitrogens with zero attached hydrogens (tertiary/aromatic N) is 1. The Hall–Kier alpha value is -1.43. The van der Waals surface area contributed by atoms with Crippen molar-refractivity contribution in [3.63, 3.8) is 0 Å². The highest BCUT2D eigenvalue weighted by Gasteiger charge is 2.22. The molecular weight excluding hydrogens is 503 g/mol. The first-order valence-corrected chi connectivity index (χ1v) is 13.7. The largest absolute Gasteiger partial charge is 0.495 e. The summed E-state index contributed by atoms with van der Waals surface area (Å²) in [6, 6.07) is 5.58. The highest BCUT2D eigenvalue weighted by atomic mass is 35.5. The van der Waals surface area contributed by atoms with Gasteiger partial charge in [0.05, 0.1) is 6.61 Å². The molecule has 4 rings (SSSR count). The minimum atomic E-state index is -0.0393. The number of ether oxygens (including phenoxy) is 2. The van der Waals surface area contributed by atoms with Gasteiger partial charge in [-0.15, -0.1) is 0 Å². The van der Waals surface area contributed by atoms with Crippen LogP contribution in [0, 0.1) is 5.92 Å². The molecule has 0 amide bonds. The molecule has 0 saturated carbocycles. The zero-order valence-electron chi connectivity index (χ0n) is 20.4. The minimum Gasteiger partial charge on any atom is -0.495 e. The van der Waals surface area contributed by atoms with Gasteiger partial charge in [-0.05, 0) is 86.1 Å². The number of benzene rings is 1. The summed E-state index contributed by atoms with van der Waals surface area (Å²) in [7, 11) is 1.73. The molecule has 0 bridgehead atoms.